The Labute approximate surface area is 105 Å². The minimum Gasteiger partial charge on any atom is -0.312 e. The highest BCUT2D eigenvalue weighted by Crippen LogP contribution is 2.38. The van der Waals surface area contributed by atoms with Crippen LogP contribution >= 0.6 is 23.5 Å². The van der Waals surface area contributed by atoms with Gasteiger partial charge < -0.3 is 5.32 Å². The van der Waals surface area contributed by atoms with Gasteiger partial charge in [-0.3, -0.25) is 0 Å². The van der Waals surface area contributed by atoms with E-state index in [9.17, 15) is 0 Å². The van der Waals surface area contributed by atoms with Gasteiger partial charge in [0.1, 0.15) is 6.33 Å². The Bertz CT molecular complexity index is 320. The summed E-state index contributed by atoms with van der Waals surface area (Å²) in [4.78, 5) is 8.21. The van der Waals surface area contributed by atoms with Crippen LogP contribution in [0.25, 0.3) is 0 Å². The van der Waals surface area contributed by atoms with Crippen molar-refractivity contribution in [3.05, 3.63) is 24.3 Å². The highest BCUT2D eigenvalue weighted by molar-refractivity contribution is 8.07. The van der Waals surface area contributed by atoms with Gasteiger partial charge in [-0.15, -0.1) is 0 Å². The topological polar surface area (TPSA) is 37.8 Å². The first-order chi connectivity index (χ1) is 7.83. The Morgan fingerprint density at radius 1 is 1.31 bits per heavy atom. The minimum atomic E-state index is 0.356. The van der Waals surface area contributed by atoms with Crippen molar-refractivity contribution < 1.29 is 0 Å². The van der Waals surface area contributed by atoms with Crippen molar-refractivity contribution in [2.75, 3.05) is 18.6 Å². The minimum absolute atomic E-state index is 0.356. The molecule has 0 amide bonds. The molecule has 0 spiro atoms. The molecule has 1 aliphatic rings. The molecule has 0 radical (unpaired) electrons. The first kappa shape index (κ1) is 12.2. The first-order valence-corrected chi connectivity index (χ1v) is 7.58. The molecule has 1 saturated heterocycles. The van der Waals surface area contributed by atoms with E-state index < -0.39 is 0 Å². The van der Waals surface area contributed by atoms with Crippen LogP contribution in [-0.4, -0.2) is 39.0 Å². The number of nitrogens with zero attached hydrogens (tertiary/aromatic N) is 2. The normalized spacial score (nSPS) is 27.6. The molecule has 0 bridgehead atoms. The lowest BCUT2D eigenvalue weighted by Gasteiger charge is -2.34. The van der Waals surface area contributed by atoms with Gasteiger partial charge in [0.15, 0.2) is 0 Å². The van der Waals surface area contributed by atoms with E-state index in [0.29, 0.717) is 16.5 Å². The Balaban J connectivity index is 2.15. The summed E-state index contributed by atoms with van der Waals surface area (Å²) < 4.78 is 0. The second-order valence-corrected chi connectivity index (χ2v) is 6.62. The summed E-state index contributed by atoms with van der Waals surface area (Å²) >= 11 is 4.12. The molecule has 1 aromatic heterocycles. The Kier molecular flexibility index (Phi) is 4.49. The van der Waals surface area contributed by atoms with Gasteiger partial charge in [0.05, 0.1) is 0 Å². The van der Waals surface area contributed by atoms with Crippen molar-refractivity contribution in [3.8, 4) is 0 Å². The lowest BCUT2D eigenvalue weighted by molar-refractivity contribution is 0.557. The molecule has 1 aromatic rings. The summed E-state index contributed by atoms with van der Waals surface area (Å²) in [6.45, 7) is 2.32. The summed E-state index contributed by atoms with van der Waals surface area (Å²) in [6.07, 6.45) is 5.42. The Morgan fingerprint density at radius 3 is 2.62 bits per heavy atom. The fourth-order valence-electron chi connectivity index (χ4n) is 2.01. The zero-order valence-corrected chi connectivity index (χ0v) is 11.2. The molecule has 16 heavy (non-hydrogen) atoms. The number of nitrogens with one attached hydrogen (secondary N) is 1. The molecule has 0 aliphatic carbocycles. The van der Waals surface area contributed by atoms with E-state index in [-0.39, 0.29) is 0 Å². The summed E-state index contributed by atoms with van der Waals surface area (Å²) in [5.41, 5.74) is 1.19. The van der Waals surface area contributed by atoms with Gasteiger partial charge in [-0.05, 0) is 7.05 Å². The zero-order valence-electron chi connectivity index (χ0n) is 9.59. The van der Waals surface area contributed by atoms with Gasteiger partial charge in [-0.2, -0.15) is 23.5 Å². The Morgan fingerprint density at radius 2 is 2.00 bits per heavy atom. The van der Waals surface area contributed by atoms with Crippen LogP contribution in [0.4, 0.5) is 0 Å². The molecule has 2 rings (SSSR count). The third-order valence-corrected chi connectivity index (χ3v) is 6.01. The number of rotatable bonds is 3. The molecular weight excluding hydrogens is 238 g/mol. The second-order valence-electron chi connectivity index (χ2n) is 3.85. The molecule has 5 heteroatoms. The molecule has 0 aromatic carbocycles. The van der Waals surface area contributed by atoms with E-state index in [1.807, 2.05) is 19.4 Å². The predicted octanol–water partition coefficient (Wildman–Crippen LogP) is 1.97. The van der Waals surface area contributed by atoms with Crippen molar-refractivity contribution in [1.29, 1.82) is 0 Å². The monoisotopic (exact) mass is 255 g/mol. The van der Waals surface area contributed by atoms with Crippen LogP contribution < -0.4 is 5.32 Å². The number of aromatic nitrogens is 2. The van der Waals surface area contributed by atoms with E-state index >= 15 is 0 Å². The van der Waals surface area contributed by atoms with E-state index in [0.717, 1.165) is 0 Å². The standard InChI is InChI=1S/C11H17N3S2/c1-8-11(16-4-3-15-8)10(12-2)9-5-13-7-14-6-9/h5-8,10-12H,3-4H2,1-2H3. The van der Waals surface area contributed by atoms with Crippen LogP contribution in [0.1, 0.15) is 18.5 Å². The smallest absolute Gasteiger partial charge is 0.115 e. The van der Waals surface area contributed by atoms with E-state index in [1.54, 1.807) is 6.33 Å². The van der Waals surface area contributed by atoms with Crippen molar-refractivity contribution >= 4 is 23.5 Å². The van der Waals surface area contributed by atoms with Crippen LogP contribution in [0, 0.1) is 0 Å². The zero-order chi connectivity index (χ0) is 11.4. The maximum atomic E-state index is 4.11. The van der Waals surface area contributed by atoms with Crippen LogP contribution in [0.2, 0.25) is 0 Å². The first-order valence-electron chi connectivity index (χ1n) is 5.48. The van der Waals surface area contributed by atoms with Crippen LogP contribution in [0.3, 0.4) is 0 Å². The third-order valence-electron chi connectivity index (χ3n) is 2.82. The summed E-state index contributed by atoms with van der Waals surface area (Å²) in [7, 11) is 2.02. The summed E-state index contributed by atoms with van der Waals surface area (Å²) in [5, 5.41) is 4.69. The van der Waals surface area contributed by atoms with E-state index in [2.05, 4.69) is 45.7 Å². The fraction of sp³-hybridized carbons (Fsp3) is 0.636. The van der Waals surface area contributed by atoms with Crippen molar-refractivity contribution in [2.45, 2.75) is 23.5 Å². The molecule has 1 N–H and O–H groups in total. The SMILES string of the molecule is CNC(c1cncnc1)C1SCCSC1C. The number of thioether (sulfide) groups is 2. The number of hydrogen-bond donors (Lipinski definition) is 1. The maximum Gasteiger partial charge on any atom is 0.115 e. The van der Waals surface area contributed by atoms with Gasteiger partial charge in [-0.1, -0.05) is 6.92 Å². The highest BCUT2D eigenvalue weighted by Gasteiger charge is 2.30. The van der Waals surface area contributed by atoms with Crippen LogP contribution in [0.15, 0.2) is 18.7 Å². The van der Waals surface area contributed by atoms with Gasteiger partial charge in [0.2, 0.25) is 0 Å². The molecule has 1 fully saturated rings. The highest BCUT2D eigenvalue weighted by atomic mass is 32.2. The van der Waals surface area contributed by atoms with Gasteiger partial charge in [0, 0.05) is 46.0 Å². The third kappa shape index (κ3) is 2.70. The molecule has 2 heterocycles. The summed E-state index contributed by atoms with van der Waals surface area (Å²) in [6, 6.07) is 0.356. The molecular formula is C11H17N3S2. The molecule has 3 atom stereocenters. The number of hydrogen-bond acceptors (Lipinski definition) is 5. The summed E-state index contributed by atoms with van der Waals surface area (Å²) in [5.74, 6) is 2.51. The van der Waals surface area contributed by atoms with Gasteiger partial charge in [-0.25, -0.2) is 9.97 Å². The lowest BCUT2D eigenvalue weighted by atomic mass is 10.1. The molecule has 1 aliphatic heterocycles. The van der Waals surface area contributed by atoms with Crippen molar-refractivity contribution in [3.63, 3.8) is 0 Å². The molecule has 3 nitrogen and oxygen atoms in total. The second kappa shape index (κ2) is 5.89. The van der Waals surface area contributed by atoms with Crippen LogP contribution in [0.5, 0.6) is 0 Å². The van der Waals surface area contributed by atoms with E-state index in [4.69, 9.17) is 0 Å². The maximum absolute atomic E-state index is 4.11. The quantitative estimate of drug-likeness (QED) is 0.894. The molecule has 88 valence electrons. The predicted molar refractivity (Wildman–Crippen MR) is 72.0 cm³/mol. The van der Waals surface area contributed by atoms with E-state index in [1.165, 1.54) is 17.1 Å². The lowest BCUT2D eigenvalue weighted by Crippen LogP contribution is -2.36. The van der Waals surface area contributed by atoms with Crippen molar-refractivity contribution in [2.24, 2.45) is 0 Å². The fourth-order valence-corrected chi connectivity index (χ4v) is 5.00. The molecule has 0 saturated carbocycles. The largest absolute Gasteiger partial charge is 0.312 e. The van der Waals surface area contributed by atoms with Gasteiger partial charge >= 0.3 is 0 Å². The average molecular weight is 255 g/mol. The van der Waals surface area contributed by atoms with Crippen LogP contribution in [-0.2, 0) is 0 Å². The van der Waals surface area contributed by atoms with Gasteiger partial charge in [0.25, 0.3) is 0 Å². The average Bonchev–Trinajstić information content (AvgIpc) is 2.34. The molecule has 3 unspecified atom stereocenters. The Hall–Kier alpha value is -0.260. The van der Waals surface area contributed by atoms with Crippen molar-refractivity contribution in [1.82, 2.24) is 15.3 Å².